The third kappa shape index (κ3) is 5.27. The number of hydrogen-bond acceptors (Lipinski definition) is 4. The van der Waals surface area contributed by atoms with Gasteiger partial charge in [0.25, 0.3) is 5.91 Å². The Balaban J connectivity index is 1.76. The van der Waals surface area contributed by atoms with E-state index in [9.17, 15) is 9.59 Å². The summed E-state index contributed by atoms with van der Waals surface area (Å²) in [6.07, 6.45) is 4.60. The molecular formula is C18H25NO4. The van der Waals surface area contributed by atoms with Gasteiger partial charge in [0.2, 0.25) is 0 Å². The van der Waals surface area contributed by atoms with Crippen molar-refractivity contribution in [1.82, 2.24) is 5.32 Å². The standard InChI is InChI=1S/C18H25NO4/c1-13-7-3-5-9-15(13)19-17(20)12-23-18(21)11-14-8-4-6-10-16(14)22-2/h4,6,8,10,13,15H,3,5,7,9,11-12H2,1-2H3,(H,19,20)/t13-,15-/m0/s1. The molecule has 1 N–H and O–H groups in total. The summed E-state index contributed by atoms with van der Waals surface area (Å²) < 4.78 is 10.3. The van der Waals surface area contributed by atoms with Crippen molar-refractivity contribution in [3.05, 3.63) is 29.8 Å². The highest BCUT2D eigenvalue weighted by atomic mass is 16.5. The maximum Gasteiger partial charge on any atom is 0.310 e. The van der Waals surface area contributed by atoms with Gasteiger partial charge in [0.1, 0.15) is 5.75 Å². The Labute approximate surface area is 137 Å². The quantitative estimate of drug-likeness (QED) is 0.818. The van der Waals surface area contributed by atoms with Crippen molar-refractivity contribution in [2.75, 3.05) is 13.7 Å². The monoisotopic (exact) mass is 319 g/mol. The number of rotatable bonds is 6. The van der Waals surface area contributed by atoms with Gasteiger partial charge in [-0.3, -0.25) is 9.59 Å². The molecule has 0 unspecified atom stereocenters. The fourth-order valence-corrected chi connectivity index (χ4v) is 2.98. The summed E-state index contributed by atoms with van der Waals surface area (Å²) in [5.41, 5.74) is 0.751. The van der Waals surface area contributed by atoms with E-state index in [1.165, 1.54) is 6.42 Å². The summed E-state index contributed by atoms with van der Waals surface area (Å²) in [6, 6.07) is 7.47. The molecule has 1 aliphatic carbocycles. The smallest absolute Gasteiger partial charge is 0.310 e. The second kappa shape index (κ2) is 8.56. The SMILES string of the molecule is COc1ccccc1CC(=O)OCC(=O)N[C@H]1CCCC[C@@H]1C. The predicted octanol–water partition coefficient (Wildman–Crippen LogP) is 2.48. The van der Waals surface area contributed by atoms with Crippen LogP contribution < -0.4 is 10.1 Å². The van der Waals surface area contributed by atoms with Gasteiger partial charge in [-0.15, -0.1) is 0 Å². The van der Waals surface area contributed by atoms with E-state index < -0.39 is 5.97 Å². The van der Waals surface area contributed by atoms with Crippen LogP contribution in [-0.4, -0.2) is 31.6 Å². The molecule has 0 heterocycles. The Morgan fingerprint density at radius 1 is 1.22 bits per heavy atom. The minimum atomic E-state index is -0.429. The van der Waals surface area contributed by atoms with Crippen LogP contribution in [0.5, 0.6) is 5.75 Å². The molecule has 2 rings (SSSR count). The number of carbonyl (C=O) groups excluding carboxylic acids is 2. The number of nitrogens with one attached hydrogen (secondary N) is 1. The van der Waals surface area contributed by atoms with Crippen LogP contribution in [0.25, 0.3) is 0 Å². The normalized spacial score (nSPS) is 20.6. The lowest BCUT2D eigenvalue weighted by molar-refractivity contribution is -0.148. The second-order valence-corrected chi connectivity index (χ2v) is 6.09. The van der Waals surface area contributed by atoms with Gasteiger partial charge >= 0.3 is 5.97 Å². The van der Waals surface area contributed by atoms with E-state index in [-0.39, 0.29) is 25.0 Å². The van der Waals surface area contributed by atoms with Crippen LogP contribution in [-0.2, 0) is 20.7 Å². The lowest BCUT2D eigenvalue weighted by Crippen LogP contribution is -2.42. The van der Waals surface area contributed by atoms with Crippen LogP contribution in [0, 0.1) is 5.92 Å². The number of hydrogen-bond donors (Lipinski definition) is 1. The zero-order chi connectivity index (χ0) is 16.7. The Kier molecular flexibility index (Phi) is 6.44. The number of benzene rings is 1. The number of para-hydroxylation sites is 1. The number of esters is 1. The highest BCUT2D eigenvalue weighted by Gasteiger charge is 2.23. The molecule has 0 saturated heterocycles. The van der Waals surface area contributed by atoms with E-state index in [2.05, 4.69) is 12.2 Å². The minimum absolute atomic E-state index is 0.0944. The molecule has 1 amide bonds. The first kappa shape index (κ1) is 17.3. The predicted molar refractivity (Wildman–Crippen MR) is 87.2 cm³/mol. The van der Waals surface area contributed by atoms with Gasteiger partial charge in [-0.25, -0.2) is 0 Å². The van der Waals surface area contributed by atoms with Gasteiger partial charge < -0.3 is 14.8 Å². The summed E-state index contributed by atoms with van der Waals surface area (Å²) in [5, 5.41) is 2.97. The molecular weight excluding hydrogens is 294 g/mol. The number of ether oxygens (including phenoxy) is 2. The maximum absolute atomic E-state index is 11.9. The van der Waals surface area contributed by atoms with E-state index in [0.29, 0.717) is 11.7 Å². The van der Waals surface area contributed by atoms with Crippen molar-refractivity contribution < 1.29 is 19.1 Å². The van der Waals surface area contributed by atoms with Gasteiger partial charge in [-0.2, -0.15) is 0 Å². The van der Waals surface area contributed by atoms with Crippen LogP contribution in [0.2, 0.25) is 0 Å². The minimum Gasteiger partial charge on any atom is -0.496 e. The van der Waals surface area contributed by atoms with E-state index in [0.717, 1.165) is 24.8 Å². The summed E-state index contributed by atoms with van der Waals surface area (Å²) in [5.74, 6) is 0.473. The van der Waals surface area contributed by atoms with Crippen LogP contribution >= 0.6 is 0 Å². The van der Waals surface area contributed by atoms with Gasteiger partial charge in [-0.05, 0) is 24.8 Å². The molecule has 23 heavy (non-hydrogen) atoms. The molecule has 5 heteroatoms. The fraction of sp³-hybridized carbons (Fsp3) is 0.556. The molecule has 1 fully saturated rings. The van der Waals surface area contributed by atoms with Crippen molar-refractivity contribution in [3.8, 4) is 5.75 Å². The molecule has 5 nitrogen and oxygen atoms in total. The average Bonchev–Trinajstić information content (AvgIpc) is 2.55. The molecule has 0 bridgehead atoms. The topological polar surface area (TPSA) is 64.6 Å². The van der Waals surface area contributed by atoms with Crippen LogP contribution in [0.15, 0.2) is 24.3 Å². The lowest BCUT2D eigenvalue weighted by Gasteiger charge is -2.29. The first-order valence-electron chi connectivity index (χ1n) is 8.17. The largest absolute Gasteiger partial charge is 0.496 e. The molecule has 126 valence electrons. The van der Waals surface area contributed by atoms with Gasteiger partial charge in [0, 0.05) is 11.6 Å². The van der Waals surface area contributed by atoms with Crippen molar-refractivity contribution in [3.63, 3.8) is 0 Å². The Bertz CT molecular complexity index is 544. The molecule has 0 aliphatic heterocycles. The fourth-order valence-electron chi connectivity index (χ4n) is 2.98. The average molecular weight is 319 g/mol. The molecule has 1 saturated carbocycles. The Hall–Kier alpha value is -2.04. The molecule has 1 aromatic rings. The lowest BCUT2D eigenvalue weighted by atomic mass is 9.86. The van der Waals surface area contributed by atoms with Crippen molar-refractivity contribution in [2.45, 2.75) is 45.1 Å². The Morgan fingerprint density at radius 2 is 1.96 bits per heavy atom. The second-order valence-electron chi connectivity index (χ2n) is 6.09. The van der Waals surface area contributed by atoms with E-state index >= 15 is 0 Å². The van der Waals surface area contributed by atoms with Gasteiger partial charge in [-0.1, -0.05) is 38.0 Å². The number of amides is 1. The van der Waals surface area contributed by atoms with Gasteiger partial charge in [0.15, 0.2) is 6.61 Å². The summed E-state index contributed by atoms with van der Waals surface area (Å²) in [4.78, 5) is 23.8. The molecule has 0 aromatic heterocycles. The maximum atomic E-state index is 11.9. The highest BCUT2D eigenvalue weighted by molar-refractivity contribution is 5.81. The number of carbonyl (C=O) groups is 2. The summed E-state index contributed by atoms with van der Waals surface area (Å²) >= 11 is 0. The van der Waals surface area contributed by atoms with Crippen molar-refractivity contribution >= 4 is 11.9 Å². The third-order valence-corrected chi connectivity index (χ3v) is 4.35. The summed E-state index contributed by atoms with van der Waals surface area (Å²) in [7, 11) is 1.56. The van der Waals surface area contributed by atoms with Crippen LogP contribution in [0.1, 0.15) is 38.2 Å². The summed E-state index contributed by atoms with van der Waals surface area (Å²) in [6.45, 7) is 1.93. The molecule has 1 aromatic carbocycles. The molecule has 0 spiro atoms. The van der Waals surface area contributed by atoms with Gasteiger partial charge in [0.05, 0.1) is 13.5 Å². The van der Waals surface area contributed by atoms with Crippen LogP contribution in [0.4, 0.5) is 0 Å². The Morgan fingerprint density at radius 3 is 2.70 bits per heavy atom. The zero-order valence-electron chi connectivity index (χ0n) is 13.8. The number of methoxy groups -OCH3 is 1. The first-order chi connectivity index (χ1) is 11.1. The molecule has 0 radical (unpaired) electrons. The van der Waals surface area contributed by atoms with Crippen molar-refractivity contribution in [1.29, 1.82) is 0 Å². The third-order valence-electron chi connectivity index (χ3n) is 4.35. The van der Waals surface area contributed by atoms with E-state index in [1.54, 1.807) is 13.2 Å². The van der Waals surface area contributed by atoms with E-state index in [4.69, 9.17) is 9.47 Å². The highest BCUT2D eigenvalue weighted by Crippen LogP contribution is 2.23. The first-order valence-corrected chi connectivity index (χ1v) is 8.17. The van der Waals surface area contributed by atoms with Crippen molar-refractivity contribution in [2.24, 2.45) is 5.92 Å². The molecule has 2 atom stereocenters. The molecule has 1 aliphatic rings. The van der Waals surface area contributed by atoms with E-state index in [1.807, 2.05) is 18.2 Å². The van der Waals surface area contributed by atoms with Crippen LogP contribution in [0.3, 0.4) is 0 Å². The zero-order valence-corrected chi connectivity index (χ0v) is 13.8.